The summed E-state index contributed by atoms with van der Waals surface area (Å²) in [5.74, 6) is 1.28. The lowest BCUT2D eigenvalue weighted by Gasteiger charge is -2.31. The Morgan fingerprint density at radius 3 is 3.11 bits per heavy atom. The summed E-state index contributed by atoms with van der Waals surface area (Å²) in [6, 6.07) is 3.69. The zero-order valence-corrected chi connectivity index (χ0v) is 14.8. The van der Waals surface area contributed by atoms with E-state index in [1.54, 1.807) is 29.0 Å². The van der Waals surface area contributed by atoms with Gasteiger partial charge in [-0.05, 0) is 53.7 Å². The minimum Gasteiger partial charge on any atom is -0.349 e. The fraction of sp³-hybridized carbons (Fsp3) is 0.529. The monoisotopic (exact) mass is 367 g/mol. The second-order valence-corrected chi connectivity index (χ2v) is 7.56. The van der Waals surface area contributed by atoms with E-state index in [2.05, 4.69) is 41.2 Å². The molecule has 140 valence electrons. The number of rotatable bonds is 4. The van der Waals surface area contributed by atoms with E-state index in [0.29, 0.717) is 23.0 Å². The van der Waals surface area contributed by atoms with E-state index in [0.717, 1.165) is 44.6 Å². The van der Waals surface area contributed by atoms with Crippen LogP contribution in [0.3, 0.4) is 0 Å². The molecule has 3 atom stereocenters. The predicted octanol–water partition coefficient (Wildman–Crippen LogP) is 0.273. The van der Waals surface area contributed by atoms with Gasteiger partial charge < -0.3 is 5.32 Å². The van der Waals surface area contributed by atoms with Crippen molar-refractivity contribution in [3.8, 4) is 0 Å². The van der Waals surface area contributed by atoms with Crippen LogP contribution in [0.4, 0.5) is 0 Å². The van der Waals surface area contributed by atoms with Crippen molar-refractivity contribution in [2.45, 2.75) is 31.8 Å². The fourth-order valence-electron chi connectivity index (χ4n) is 4.47. The highest BCUT2D eigenvalue weighted by atomic mass is 16.1. The van der Waals surface area contributed by atoms with Gasteiger partial charge in [0.2, 0.25) is 0 Å². The molecule has 3 aromatic heterocycles. The van der Waals surface area contributed by atoms with Crippen molar-refractivity contribution in [3.63, 3.8) is 0 Å². The number of likely N-dealkylation sites (tertiary alicyclic amines) is 1. The Morgan fingerprint density at radius 2 is 2.22 bits per heavy atom. The van der Waals surface area contributed by atoms with E-state index < -0.39 is 0 Å². The molecule has 4 heterocycles. The third-order valence-electron chi connectivity index (χ3n) is 5.77. The van der Waals surface area contributed by atoms with Crippen molar-refractivity contribution in [3.05, 3.63) is 35.8 Å². The zero-order chi connectivity index (χ0) is 18.2. The van der Waals surface area contributed by atoms with Gasteiger partial charge in [0.25, 0.3) is 5.91 Å². The Kier molecular flexibility index (Phi) is 4.04. The highest BCUT2D eigenvalue weighted by Gasteiger charge is 2.38. The molecule has 3 unspecified atom stereocenters. The van der Waals surface area contributed by atoms with Crippen molar-refractivity contribution in [2.75, 3.05) is 13.1 Å². The molecule has 3 aromatic rings. The van der Waals surface area contributed by atoms with E-state index in [4.69, 9.17) is 0 Å². The summed E-state index contributed by atoms with van der Waals surface area (Å²) >= 11 is 0. The van der Waals surface area contributed by atoms with Crippen LogP contribution in [-0.2, 0) is 6.54 Å². The average molecular weight is 367 g/mol. The molecule has 10 nitrogen and oxygen atoms in total. The third kappa shape index (κ3) is 3.27. The first kappa shape index (κ1) is 16.3. The van der Waals surface area contributed by atoms with Gasteiger partial charge in [-0.3, -0.25) is 9.69 Å². The molecule has 0 spiro atoms. The summed E-state index contributed by atoms with van der Waals surface area (Å²) < 4.78 is 1.55. The molecule has 2 N–H and O–H groups in total. The Labute approximate surface area is 155 Å². The van der Waals surface area contributed by atoms with Crippen molar-refractivity contribution in [1.82, 2.24) is 45.7 Å². The van der Waals surface area contributed by atoms with Crippen LogP contribution in [0.15, 0.2) is 24.5 Å². The van der Waals surface area contributed by atoms with E-state index in [1.165, 1.54) is 0 Å². The average Bonchev–Trinajstić information content (AvgIpc) is 3.41. The van der Waals surface area contributed by atoms with Gasteiger partial charge in [0, 0.05) is 37.4 Å². The number of aromatic nitrogens is 7. The highest BCUT2D eigenvalue weighted by molar-refractivity contribution is 5.95. The number of carbonyl (C=O) groups is 1. The van der Waals surface area contributed by atoms with Crippen LogP contribution in [0, 0.1) is 11.8 Å². The lowest BCUT2D eigenvalue weighted by Crippen LogP contribution is -2.40. The number of tetrazole rings is 1. The summed E-state index contributed by atoms with van der Waals surface area (Å²) in [4.78, 5) is 15.1. The molecule has 27 heavy (non-hydrogen) atoms. The van der Waals surface area contributed by atoms with Gasteiger partial charge in [-0.2, -0.15) is 15.4 Å². The molecule has 0 radical (unpaired) electrons. The summed E-state index contributed by atoms with van der Waals surface area (Å²) in [6.45, 7) is 3.00. The highest BCUT2D eigenvalue weighted by Crippen LogP contribution is 2.36. The maximum atomic E-state index is 12.6. The topological polar surface area (TPSA) is 117 Å². The molecule has 1 saturated carbocycles. The molecule has 2 fully saturated rings. The Balaban J connectivity index is 1.19. The molecule has 0 bridgehead atoms. The number of aromatic amines is 1. The number of hydrogen-bond acceptors (Lipinski definition) is 7. The van der Waals surface area contributed by atoms with Crippen molar-refractivity contribution < 1.29 is 4.79 Å². The third-order valence-corrected chi connectivity index (χ3v) is 5.77. The van der Waals surface area contributed by atoms with E-state index in [-0.39, 0.29) is 11.9 Å². The van der Waals surface area contributed by atoms with Gasteiger partial charge in [-0.25, -0.2) is 4.52 Å². The standard InChI is InChI=1S/C17H21N9O/c27-17(11-3-4-26-16(6-11)21-23-24-26)19-14-2-1-12-8-25(9-13(12)5-14)10-15-7-18-22-20-15/h3-4,6-7,12-14H,1-2,5,8-10H2,(H,19,27)(H,18,20,22). The first-order chi connectivity index (χ1) is 13.2. The van der Waals surface area contributed by atoms with Crippen molar-refractivity contribution >= 4 is 11.6 Å². The molecular formula is C17H21N9O. The number of carbonyl (C=O) groups excluding carboxylic acids is 1. The maximum absolute atomic E-state index is 12.6. The molecule has 10 heteroatoms. The van der Waals surface area contributed by atoms with Crippen LogP contribution in [0.2, 0.25) is 0 Å². The van der Waals surface area contributed by atoms with Crippen LogP contribution < -0.4 is 5.32 Å². The second kappa shape index (κ2) is 6.69. The Morgan fingerprint density at radius 1 is 1.30 bits per heavy atom. The van der Waals surface area contributed by atoms with E-state index in [1.807, 2.05) is 0 Å². The zero-order valence-electron chi connectivity index (χ0n) is 14.8. The minimum absolute atomic E-state index is 0.0543. The van der Waals surface area contributed by atoms with Gasteiger partial charge in [0.15, 0.2) is 5.65 Å². The maximum Gasteiger partial charge on any atom is 0.251 e. The Hall–Kier alpha value is -2.88. The van der Waals surface area contributed by atoms with Gasteiger partial charge in [-0.15, -0.1) is 5.10 Å². The van der Waals surface area contributed by atoms with Gasteiger partial charge in [0.1, 0.15) is 0 Å². The molecule has 1 amide bonds. The largest absolute Gasteiger partial charge is 0.349 e. The lowest BCUT2D eigenvalue weighted by atomic mass is 9.79. The number of nitrogens with one attached hydrogen (secondary N) is 2. The summed E-state index contributed by atoms with van der Waals surface area (Å²) in [7, 11) is 0. The molecule has 1 saturated heterocycles. The van der Waals surface area contributed by atoms with Crippen LogP contribution in [0.5, 0.6) is 0 Å². The number of H-pyrrole nitrogens is 1. The fourth-order valence-corrected chi connectivity index (χ4v) is 4.47. The van der Waals surface area contributed by atoms with Gasteiger partial charge in [-0.1, -0.05) is 0 Å². The minimum atomic E-state index is -0.0543. The van der Waals surface area contributed by atoms with Crippen molar-refractivity contribution in [2.24, 2.45) is 11.8 Å². The molecule has 5 rings (SSSR count). The SMILES string of the molecule is O=C(NC1CCC2CN(Cc3cn[nH]n3)CC2C1)c1ccn2nnnc2c1. The summed E-state index contributed by atoms with van der Waals surface area (Å²) in [5, 5.41) is 25.2. The summed E-state index contributed by atoms with van der Waals surface area (Å²) in [6.07, 6.45) is 6.70. The van der Waals surface area contributed by atoms with Crippen LogP contribution in [-0.4, -0.2) is 65.4 Å². The lowest BCUT2D eigenvalue weighted by molar-refractivity contribution is 0.0913. The van der Waals surface area contributed by atoms with Crippen LogP contribution in [0.1, 0.15) is 35.3 Å². The van der Waals surface area contributed by atoms with Crippen molar-refractivity contribution in [1.29, 1.82) is 0 Å². The Bertz CT molecular complexity index is 937. The normalized spacial score (nSPS) is 25.6. The van der Waals surface area contributed by atoms with Crippen LogP contribution in [0.25, 0.3) is 5.65 Å². The number of nitrogens with zero attached hydrogens (tertiary/aromatic N) is 7. The van der Waals surface area contributed by atoms with E-state index in [9.17, 15) is 4.79 Å². The first-order valence-electron chi connectivity index (χ1n) is 9.30. The quantitative estimate of drug-likeness (QED) is 0.680. The number of pyridine rings is 1. The number of hydrogen-bond donors (Lipinski definition) is 2. The van der Waals surface area contributed by atoms with E-state index >= 15 is 0 Å². The smallest absolute Gasteiger partial charge is 0.251 e. The predicted molar refractivity (Wildman–Crippen MR) is 94.5 cm³/mol. The summed E-state index contributed by atoms with van der Waals surface area (Å²) in [5.41, 5.74) is 2.15. The molecule has 0 aromatic carbocycles. The first-order valence-corrected chi connectivity index (χ1v) is 9.30. The molecule has 1 aliphatic carbocycles. The van der Waals surface area contributed by atoms with Gasteiger partial charge >= 0.3 is 0 Å². The number of fused-ring (bicyclic) bond motifs is 2. The molecule has 1 aliphatic heterocycles. The molecular weight excluding hydrogens is 346 g/mol. The van der Waals surface area contributed by atoms with Crippen LogP contribution >= 0.6 is 0 Å². The van der Waals surface area contributed by atoms with Gasteiger partial charge in [0.05, 0.1) is 11.9 Å². The molecule has 2 aliphatic rings. The number of amides is 1. The second-order valence-electron chi connectivity index (χ2n) is 7.56.